The van der Waals surface area contributed by atoms with Crippen molar-refractivity contribution in [3.8, 4) is 5.75 Å². The Hall–Kier alpha value is -3.59. The van der Waals surface area contributed by atoms with Crippen LogP contribution in [0.4, 0.5) is 0 Å². The Morgan fingerprint density at radius 2 is 1.62 bits per heavy atom. The molecule has 0 fully saturated rings. The van der Waals surface area contributed by atoms with Gasteiger partial charge in [0.1, 0.15) is 18.2 Å². The molecule has 0 bridgehead atoms. The Balaban J connectivity index is 1.54. The van der Waals surface area contributed by atoms with Gasteiger partial charge in [0.2, 0.25) is 0 Å². The molecule has 5 rings (SSSR count). The normalized spacial score (nSPS) is 11.2. The molecule has 3 heteroatoms. The highest BCUT2D eigenvalue weighted by molar-refractivity contribution is 5.86. The third-order valence-electron chi connectivity index (χ3n) is 5.30. The number of fused-ring (bicyclic) bond motifs is 2. The number of hydrogen-bond donors (Lipinski definition) is 0. The van der Waals surface area contributed by atoms with Crippen LogP contribution in [0.25, 0.3) is 21.8 Å². The van der Waals surface area contributed by atoms with Gasteiger partial charge in [0.05, 0.1) is 17.6 Å². The van der Waals surface area contributed by atoms with E-state index >= 15 is 0 Å². The van der Waals surface area contributed by atoms with Gasteiger partial charge in [-0.05, 0) is 53.1 Å². The van der Waals surface area contributed by atoms with Gasteiger partial charge >= 0.3 is 0 Å². The summed E-state index contributed by atoms with van der Waals surface area (Å²) >= 11 is 0. The highest BCUT2D eigenvalue weighted by atomic mass is 16.5. The third-order valence-corrected chi connectivity index (χ3v) is 5.30. The van der Waals surface area contributed by atoms with E-state index in [1.54, 1.807) is 0 Å². The molecular weight excluding hydrogens is 356 g/mol. The molecule has 0 saturated carbocycles. The molecule has 0 atom stereocenters. The summed E-state index contributed by atoms with van der Waals surface area (Å²) in [6, 6.07) is 31.4. The second kappa shape index (κ2) is 7.44. The van der Waals surface area contributed by atoms with E-state index in [0.717, 1.165) is 29.2 Å². The number of hydrogen-bond acceptors (Lipinski definition) is 2. The number of aryl methyl sites for hydroxylation is 1. The first-order chi connectivity index (χ1) is 14.3. The molecule has 29 heavy (non-hydrogen) atoms. The largest absolute Gasteiger partial charge is 0.486 e. The van der Waals surface area contributed by atoms with Crippen molar-refractivity contribution in [2.75, 3.05) is 0 Å². The van der Waals surface area contributed by atoms with E-state index in [1.807, 2.05) is 18.2 Å². The summed E-state index contributed by atoms with van der Waals surface area (Å²) in [4.78, 5) is 4.86. The number of aromatic nitrogens is 2. The predicted molar refractivity (Wildman–Crippen MR) is 118 cm³/mol. The van der Waals surface area contributed by atoms with Gasteiger partial charge in [0, 0.05) is 0 Å². The Morgan fingerprint density at radius 3 is 2.55 bits per heavy atom. The average Bonchev–Trinajstić information content (AvgIpc) is 3.10. The summed E-state index contributed by atoms with van der Waals surface area (Å²) in [5.41, 5.74) is 4.59. The highest BCUT2D eigenvalue weighted by Gasteiger charge is 2.13. The van der Waals surface area contributed by atoms with Crippen molar-refractivity contribution in [3.63, 3.8) is 0 Å². The number of imidazole rings is 1. The lowest BCUT2D eigenvalue weighted by Gasteiger charge is -2.13. The van der Waals surface area contributed by atoms with E-state index in [0.29, 0.717) is 6.61 Å². The molecule has 0 N–H and O–H groups in total. The van der Waals surface area contributed by atoms with Crippen LogP contribution in [-0.2, 0) is 13.2 Å². The molecule has 3 nitrogen and oxygen atoms in total. The molecule has 0 unspecified atom stereocenters. The number of rotatable bonds is 5. The van der Waals surface area contributed by atoms with Crippen molar-refractivity contribution in [1.29, 1.82) is 0 Å². The quantitative estimate of drug-likeness (QED) is 0.368. The Kier molecular flexibility index (Phi) is 4.49. The number of benzene rings is 4. The van der Waals surface area contributed by atoms with Gasteiger partial charge in [-0.25, -0.2) is 4.98 Å². The van der Waals surface area contributed by atoms with E-state index in [-0.39, 0.29) is 0 Å². The Labute approximate surface area is 170 Å². The summed E-state index contributed by atoms with van der Waals surface area (Å²) < 4.78 is 8.36. The second-order valence-electron chi connectivity index (χ2n) is 7.35. The second-order valence-corrected chi connectivity index (χ2v) is 7.35. The van der Waals surface area contributed by atoms with Gasteiger partial charge in [0.25, 0.3) is 0 Å². The van der Waals surface area contributed by atoms with Crippen LogP contribution in [0.3, 0.4) is 0 Å². The average molecular weight is 378 g/mol. The van der Waals surface area contributed by atoms with Gasteiger partial charge in [0.15, 0.2) is 0 Å². The number of ether oxygens (including phenoxy) is 1. The maximum Gasteiger partial charge on any atom is 0.148 e. The zero-order chi connectivity index (χ0) is 19.6. The first kappa shape index (κ1) is 17.5. The van der Waals surface area contributed by atoms with E-state index in [9.17, 15) is 0 Å². The van der Waals surface area contributed by atoms with Crippen LogP contribution >= 0.6 is 0 Å². The minimum Gasteiger partial charge on any atom is -0.486 e. The monoisotopic (exact) mass is 378 g/mol. The number of nitrogens with zero attached hydrogens (tertiary/aromatic N) is 2. The molecule has 142 valence electrons. The van der Waals surface area contributed by atoms with Crippen LogP contribution in [0.2, 0.25) is 0 Å². The fraction of sp³-hybridized carbons (Fsp3) is 0.115. The molecule has 0 radical (unpaired) electrons. The first-order valence-corrected chi connectivity index (χ1v) is 9.88. The molecule has 0 aliphatic rings. The predicted octanol–water partition coefficient (Wildman–Crippen LogP) is 6.13. The van der Waals surface area contributed by atoms with Crippen LogP contribution in [0, 0.1) is 6.92 Å². The maximum atomic E-state index is 6.08. The lowest BCUT2D eigenvalue weighted by atomic mass is 10.0. The fourth-order valence-electron chi connectivity index (χ4n) is 3.87. The summed E-state index contributed by atoms with van der Waals surface area (Å²) in [5.74, 6) is 1.80. The van der Waals surface area contributed by atoms with E-state index in [4.69, 9.17) is 9.72 Å². The minimum atomic E-state index is 0.433. The Bertz CT molecular complexity index is 1300. The lowest BCUT2D eigenvalue weighted by Crippen LogP contribution is -2.08. The van der Waals surface area contributed by atoms with Crippen molar-refractivity contribution < 1.29 is 4.74 Å². The van der Waals surface area contributed by atoms with Crippen molar-refractivity contribution in [1.82, 2.24) is 9.55 Å². The van der Waals surface area contributed by atoms with Gasteiger partial charge in [-0.1, -0.05) is 66.7 Å². The zero-order valence-corrected chi connectivity index (χ0v) is 16.4. The lowest BCUT2D eigenvalue weighted by molar-refractivity contribution is 0.291. The van der Waals surface area contributed by atoms with Crippen molar-refractivity contribution in [2.24, 2.45) is 0 Å². The van der Waals surface area contributed by atoms with E-state index in [1.165, 1.54) is 21.9 Å². The Morgan fingerprint density at radius 1 is 0.828 bits per heavy atom. The summed E-state index contributed by atoms with van der Waals surface area (Å²) in [5, 5.41) is 2.53. The van der Waals surface area contributed by atoms with Crippen LogP contribution in [-0.4, -0.2) is 9.55 Å². The topological polar surface area (TPSA) is 27.1 Å². The molecule has 0 aliphatic heterocycles. The van der Waals surface area contributed by atoms with E-state index in [2.05, 4.69) is 84.3 Å². The van der Waals surface area contributed by atoms with Gasteiger partial charge < -0.3 is 9.30 Å². The third kappa shape index (κ3) is 3.47. The van der Waals surface area contributed by atoms with Crippen molar-refractivity contribution in [3.05, 3.63) is 108 Å². The van der Waals surface area contributed by atoms with Gasteiger partial charge in [-0.15, -0.1) is 0 Å². The molecule has 4 aromatic carbocycles. The molecule has 0 saturated heterocycles. The first-order valence-electron chi connectivity index (χ1n) is 9.88. The van der Waals surface area contributed by atoms with Gasteiger partial charge in [-0.2, -0.15) is 0 Å². The van der Waals surface area contributed by atoms with Crippen LogP contribution in [0.1, 0.15) is 17.0 Å². The minimum absolute atomic E-state index is 0.433. The smallest absolute Gasteiger partial charge is 0.148 e. The highest BCUT2D eigenvalue weighted by Crippen LogP contribution is 2.24. The summed E-state index contributed by atoms with van der Waals surface area (Å²) in [6.07, 6.45) is 0. The fourth-order valence-corrected chi connectivity index (χ4v) is 3.87. The molecule has 1 aromatic heterocycles. The van der Waals surface area contributed by atoms with Crippen LogP contribution < -0.4 is 4.74 Å². The molecule has 5 aromatic rings. The SMILES string of the molecule is Cc1cccc(OCc2nc3ccccc3n2Cc2cccc3ccccc23)c1. The van der Waals surface area contributed by atoms with Crippen molar-refractivity contribution >= 4 is 21.8 Å². The standard InChI is InChI=1S/C26H22N2O/c1-19-8-6-12-22(16-19)29-18-26-27-24-14-4-5-15-25(24)28(26)17-21-11-7-10-20-9-2-3-13-23(20)21/h2-16H,17-18H2,1H3. The summed E-state index contributed by atoms with van der Waals surface area (Å²) in [6.45, 7) is 3.26. The van der Waals surface area contributed by atoms with Crippen LogP contribution in [0.5, 0.6) is 5.75 Å². The molecule has 0 amide bonds. The molecular formula is C26H22N2O. The molecule has 0 aliphatic carbocycles. The van der Waals surface area contributed by atoms with E-state index < -0.39 is 0 Å². The number of para-hydroxylation sites is 2. The van der Waals surface area contributed by atoms with Crippen LogP contribution in [0.15, 0.2) is 91.0 Å². The molecule has 1 heterocycles. The van der Waals surface area contributed by atoms with Gasteiger partial charge in [-0.3, -0.25) is 0 Å². The maximum absolute atomic E-state index is 6.08. The van der Waals surface area contributed by atoms with Crippen molar-refractivity contribution in [2.45, 2.75) is 20.1 Å². The molecule has 0 spiro atoms. The zero-order valence-electron chi connectivity index (χ0n) is 16.4. The summed E-state index contributed by atoms with van der Waals surface area (Å²) in [7, 11) is 0.